The zero-order chi connectivity index (χ0) is 21.3. The Morgan fingerprint density at radius 3 is 1.70 bits per heavy atom. The fraction of sp³-hybridized carbons (Fsp3) is 0.812. The van der Waals surface area contributed by atoms with Crippen molar-refractivity contribution in [2.24, 2.45) is 4.99 Å². The maximum absolute atomic E-state index is 11.9. The van der Waals surface area contributed by atoms with E-state index in [-0.39, 0.29) is 19.1 Å². The van der Waals surface area contributed by atoms with Crippen LogP contribution < -0.4 is 10.6 Å². The maximum atomic E-state index is 11.9. The molecule has 0 saturated carbocycles. The number of nitrogens with zero attached hydrogens (tertiary/aromatic N) is 1. The van der Waals surface area contributed by atoms with Gasteiger partial charge in [0.1, 0.15) is 11.2 Å². The van der Waals surface area contributed by atoms with Crippen LogP contribution in [0.2, 0.25) is 0 Å². The molecule has 0 radical (unpaired) electrons. The van der Waals surface area contributed by atoms with Crippen LogP contribution in [0.4, 0.5) is 9.59 Å². The normalized spacial score (nSPS) is 12.1. The third-order valence-electron chi connectivity index (χ3n) is 2.36. The summed E-state index contributed by atoms with van der Waals surface area (Å²) in [5, 5.41) is 4.71. The molecule has 11 heteroatoms. The minimum Gasteiger partial charge on any atom is -0.444 e. The maximum Gasteiger partial charge on any atom is 0.414 e. The van der Waals surface area contributed by atoms with Gasteiger partial charge in [-0.25, -0.2) is 9.59 Å². The highest BCUT2D eigenvalue weighted by Gasteiger charge is 2.21. The van der Waals surface area contributed by atoms with E-state index in [9.17, 15) is 18.0 Å². The van der Waals surface area contributed by atoms with Crippen LogP contribution in [0.15, 0.2) is 4.99 Å². The molecule has 0 atom stereocenters. The monoisotopic (exact) mass is 409 g/mol. The van der Waals surface area contributed by atoms with Gasteiger partial charge in [0, 0.05) is 6.54 Å². The van der Waals surface area contributed by atoms with Gasteiger partial charge in [0.05, 0.1) is 12.9 Å². The molecule has 0 aromatic rings. The molecule has 0 saturated heterocycles. The highest BCUT2D eigenvalue weighted by Crippen LogP contribution is 2.07. The van der Waals surface area contributed by atoms with Crippen LogP contribution in [0.3, 0.4) is 0 Å². The summed E-state index contributed by atoms with van der Waals surface area (Å²) in [6, 6.07) is 0. The average molecular weight is 410 g/mol. The smallest absolute Gasteiger partial charge is 0.414 e. The van der Waals surface area contributed by atoms with Gasteiger partial charge in [-0.15, -0.1) is 0 Å². The number of aliphatic imine (C=N–C) groups is 1. The summed E-state index contributed by atoms with van der Waals surface area (Å²) in [5.74, 6) is -0.123. The van der Waals surface area contributed by atoms with Crippen LogP contribution in [0.5, 0.6) is 0 Å². The number of carbonyl (C=O) groups excluding carboxylic acids is 2. The number of hydrogen-bond acceptors (Lipinski definition) is 8. The van der Waals surface area contributed by atoms with E-state index in [0.29, 0.717) is 12.8 Å². The largest absolute Gasteiger partial charge is 0.444 e. The second-order valence-electron chi connectivity index (χ2n) is 7.72. The van der Waals surface area contributed by atoms with Crippen molar-refractivity contribution in [3.63, 3.8) is 0 Å². The number of ether oxygens (including phenoxy) is 2. The number of nitrogens with one attached hydrogen (secondary N) is 2. The van der Waals surface area contributed by atoms with Crippen LogP contribution in [0, 0.1) is 0 Å². The van der Waals surface area contributed by atoms with Gasteiger partial charge in [-0.1, -0.05) is 0 Å². The lowest BCUT2D eigenvalue weighted by molar-refractivity contribution is 0.0545. The fourth-order valence-corrected chi connectivity index (χ4v) is 1.95. The topological polar surface area (TPSA) is 132 Å². The van der Waals surface area contributed by atoms with E-state index in [1.54, 1.807) is 41.5 Å². The molecular formula is C16H31N3O7S. The molecule has 0 heterocycles. The first-order valence-electron chi connectivity index (χ1n) is 8.46. The Morgan fingerprint density at radius 1 is 0.889 bits per heavy atom. The summed E-state index contributed by atoms with van der Waals surface area (Å²) in [5.41, 5.74) is -1.44. The summed E-state index contributed by atoms with van der Waals surface area (Å²) in [4.78, 5) is 27.9. The molecule has 0 fully saturated rings. The van der Waals surface area contributed by atoms with Gasteiger partial charge in [-0.05, 0) is 54.4 Å². The van der Waals surface area contributed by atoms with Crippen LogP contribution in [-0.4, -0.2) is 57.2 Å². The molecule has 0 aromatic carbocycles. The first kappa shape index (κ1) is 25.1. The van der Waals surface area contributed by atoms with Gasteiger partial charge < -0.3 is 9.47 Å². The predicted molar refractivity (Wildman–Crippen MR) is 101 cm³/mol. The van der Waals surface area contributed by atoms with Crippen molar-refractivity contribution in [1.29, 1.82) is 0 Å². The lowest BCUT2D eigenvalue weighted by atomic mass is 10.2. The summed E-state index contributed by atoms with van der Waals surface area (Å²) in [6.07, 6.45) is 0.322. The van der Waals surface area contributed by atoms with Crippen molar-refractivity contribution < 1.29 is 31.7 Å². The van der Waals surface area contributed by atoms with Crippen molar-refractivity contribution in [3.05, 3.63) is 0 Å². The lowest BCUT2D eigenvalue weighted by Gasteiger charge is -2.22. The van der Waals surface area contributed by atoms with Gasteiger partial charge in [-0.2, -0.15) is 8.42 Å². The van der Waals surface area contributed by atoms with E-state index in [0.717, 1.165) is 6.26 Å². The standard InChI is InChI=1S/C16H31N3O7S/c1-15(2,3)25-13(20)18-12(19-14(21)26-16(4,5)6)17-10-8-9-11-24-27(7,22)23/h8-11H2,1-7H3,(H2,17,18,19,20,21). The van der Waals surface area contributed by atoms with Crippen molar-refractivity contribution in [2.75, 3.05) is 19.4 Å². The van der Waals surface area contributed by atoms with Crippen molar-refractivity contribution in [3.8, 4) is 0 Å². The molecule has 0 unspecified atom stereocenters. The number of alkyl carbamates (subject to hydrolysis) is 2. The summed E-state index contributed by atoms with van der Waals surface area (Å²) < 4.78 is 36.6. The van der Waals surface area contributed by atoms with Gasteiger partial charge >= 0.3 is 12.2 Å². The Labute approximate surface area is 161 Å². The molecule has 0 aliphatic heterocycles. The second-order valence-corrected chi connectivity index (χ2v) is 9.36. The van der Waals surface area contributed by atoms with Crippen LogP contribution in [0.25, 0.3) is 0 Å². The van der Waals surface area contributed by atoms with Gasteiger partial charge in [0.25, 0.3) is 10.1 Å². The zero-order valence-electron chi connectivity index (χ0n) is 17.0. The van der Waals surface area contributed by atoms with Crippen LogP contribution in [0.1, 0.15) is 54.4 Å². The number of guanidine groups is 1. The van der Waals surface area contributed by atoms with E-state index in [2.05, 4.69) is 19.8 Å². The van der Waals surface area contributed by atoms with Crippen LogP contribution >= 0.6 is 0 Å². The Balaban J connectivity index is 4.75. The minimum absolute atomic E-state index is 0.0304. The summed E-state index contributed by atoms with van der Waals surface area (Å²) >= 11 is 0. The molecule has 0 aliphatic carbocycles. The van der Waals surface area contributed by atoms with Gasteiger partial charge in [0.2, 0.25) is 5.96 Å². The molecular weight excluding hydrogens is 378 g/mol. The van der Waals surface area contributed by atoms with Crippen molar-refractivity contribution >= 4 is 28.3 Å². The summed E-state index contributed by atoms with van der Waals surface area (Å²) in [6.45, 7) is 10.5. The van der Waals surface area contributed by atoms with Crippen molar-refractivity contribution in [1.82, 2.24) is 10.6 Å². The third-order valence-corrected chi connectivity index (χ3v) is 2.95. The molecule has 10 nitrogen and oxygen atoms in total. The van der Waals surface area contributed by atoms with E-state index in [4.69, 9.17) is 9.47 Å². The first-order chi connectivity index (χ1) is 12.1. The van der Waals surface area contributed by atoms with Crippen molar-refractivity contribution in [2.45, 2.75) is 65.6 Å². The Kier molecular flexibility index (Phi) is 9.73. The lowest BCUT2D eigenvalue weighted by Crippen LogP contribution is -2.47. The molecule has 0 aromatic heterocycles. The molecule has 2 N–H and O–H groups in total. The van der Waals surface area contributed by atoms with Crippen LogP contribution in [-0.2, 0) is 23.8 Å². The molecule has 27 heavy (non-hydrogen) atoms. The number of rotatable bonds is 6. The van der Waals surface area contributed by atoms with E-state index in [1.807, 2.05) is 0 Å². The van der Waals surface area contributed by atoms with E-state index >= 15 is 0 Å². The highest BCUT2D eigenvalue weighted by atomic mass is 32.2. The second kappa shape index (κ2) is 10.5. The Hall–Kier alpha value is -1.88. The van der Waals surface area contributed by atoms with E-state index in [1.165, 1.54) is 0 Å². The molecule has 0 bridgehead atoms. The predicted octanol–water partition coefficient (Wildman–Crippen LogP) is 2.15. The molecule has 0 spiro atoms. The number of amides is 2. The van der Waals surface area contributed by atoms with E-state index < -0.39 is 33.5 Å². The number of hydrogen-bond donors (Lipinski definition) is 2. The third kappa shape index (κ3) is 17.3. The molecule has 0 rings (SSSR count). The summed E-state index contributed by atoms with van der Waals surface area (Å²) in [7, 11) is -3.48. The Morgan fingerprint density at radius 2 is 1.33 bits per heavy atom. The van der Waals surface area contributed by atoms with Gasteiger partial charge in [-0.3, -0.25) is 19.8 Å². The van der Waals surface area contributed by atoms with Gasteiger partial charge in [0.15, 0.2) is 0 Å². The quantitative estimate of drug-likeness (QED) is 0.297. The fourth-order valence-electron chi connectivity index (χ4n) is 1.53. The average Bonchev–Trinajstić information content (AvgIpc) is 2.36. The molecule has 2 amide bonds. The molecule has 0 aliphatic rings. The SMILES string of the molecule is CC(C)(C)OC(=O)NC(=NCCCCOS(C)(=O)=O)NC(=O)OC(C)(C)C. The zero-order valence-corrected chi connectivity index (χ0v) is 17.9. The minimum atomic E-state index is -3.48. The highest BCUT2D eigenvalue weighted by molar-refractivity contribution is 7.85. The number of unbranched alkanes of at least 4 members (excludes halogenated alkanes) is 1. The first-order valence-corrected chi connectivity index (χ1v) is 10.3. The number of carbonyl (C=O) groups is 2. The Bertz CT molecular complexity index is 599. The molecule has 158 valence electrons.